The number of fused-ring (bicyclic) bond motifs is 2. The smallest absolute Gasteiger partial charge is 0.306 e. The molecule has 0 aliphatic carbocycles. The van der Waals surface area contributed by atoms with Crippen molar-refractivity contribution in [3.8, 4) is 0 Å². The van der Waals surface area contributed by atoms with Gasteiger partial charge in [-0.25, -0.2) is 14.6 Å². The van der Waals surface area contributed by atoms with E-state index in [4.69, 9.17) is 4.42 Å². The van der Waals surface area contributed by atoms with Gasteiger partial charge in [0.25, 0.3) is 0 Å². The van der Waals surface area contributed by atoms with E-state index in [9.17, 15) is 4.79 Å². The number of furan rings is 1. The highest BCUT2D eigenvalue weighted by Gasteiger charge is 2.21. The first-order chi connectivity index (χ1) is 13.8. The van der Waals surface area contributed by atoms with E-state index in [0.717, 1.165) is 22.0 Å². The number of amides is 1. The van der Waals surface area contributed by atoms with Crippen LogP contribution in [0.25, 0.3) is 22.0 Å². The molecule has 0 spiro atoms. The van der Waals surface area contributed by atoms with E-state index in [1.807, 2.05) is 48.5 Å². The fourth-order valence-corrected chi connectivity index (χ4v) is 3.84. The highest BCUT2D eigenvalue weighted by molar-refractivity contribution is 7.98. The van der Waals surface area contributed by atoms with E-state index in [1.54, 1.807) is 11.0 Å². The van der Waals surface area contributed by atoms with Gasteiger partial charge in [0.05, 0.1) is 11.0 Å². The first-order valence-electron chi connectivity index (χ1n) is 8.51. The number of rotatable bonds is 5. The van der Waals surface area contributed by atoms with Crippen LogP contribution in [-0.4, -0.2) is 30.7 Å². The Bertz CT molecular complexity index is 1270. The molecule has 138 valence electrons. The molecule has 5 rings (SSSR count). The van der Waals surface area contributed by atoms with Crippen molar-refractivity contribution in [2.24, 2.45) is 0 Å². The molecule has 3 aromatic heterocycles. The van der Waals surface area contributed by atoms with Gasteiger partial charge in [0.2, 0.25) is 0 Å². The fraction of sp³-hybridized carbons (Fsp3) is 0.0526. The lowest BCUT2D eigenvalue weighted by molar-refractivity contribution is 0.0983. The van der Waals surface area contributed by atoms with E-state index < -0.39 is 0 Å². The van der Waals surface area contributed by atoms with E-state index >= 15 is 0 Å². The number of thioether (sulfide) groups is 1. The number of carbonyl (C=O) groups is 1. The minimum absolute atomic E-state index is 0.269. The SMILES string of the molecule is O=C(Nn1cnc2ccccc21)c1oc2ccccc2c1CSc1ncn[nH]1. The van der Waals surface area contributed by atoms with Crippen LogP contribution in [-0.2, 0) is 5.75 Å². The molecule has 1 amide bonds. The summed E-state index contributed by atoms with van der Waals surface area (Å²) in [5.41, 5.74) is 5.93. The van der Waals surface area contributed by atoms with Crippen molar-refractivity contribution in [1.29, 1.82) is 0 Å². The molecule has 3 heterocycles. The number of nitrogens with one attached hydrogen (secondary N) is 2. The Morgan fingerprint density at radius 3 is 2.89 bits per heavy atom. The number of aromatic nitrogens is 5. The second-order valence-corrected chi connectivity index (χ2v) is 6.99. The third kappa shape index (κ3) is 2.91. The van der Waals surface area contributed by atoms with Gasteiger partial charge in [0, 0.05) is 16.7 Å². The summed E-state index contributed by atoms with van der Waals surface area (Å²) < 4.78 is 7.48. The van der Waals surface area contributed by atoms with Crippen LogP contribution in [0.1, 0.15) is 16.1 Å². The highest BCUT2D eigenvalue weighted by atomic mass is 32.2. The molecule has 0 fully saturated rings. The van der Waals surface area contributed by atoms with Crippen LogP contribution < -0.4 is 5.43 Å². The zero-order chi connectivity index (χ0) is 18.9. The van der Waals surface area contributed by atoms with E-state index in [0.29, 0.717) is 16.5 Å². The third-order valence-electron chi connectivity index (χ3n) is 4.33. The number of imidazole rings is 1. The maximum absolute atomic E-state index is 13.0. The van der Waals surface area contributed by atoms with Crippen molar-refractivity contribution in [3.05, 3.63) is 72.5 Å². The Balaban J connectivity index is 1.50. The van der Waals surface area contributed by atoms with E-state index in [2.05, 4.69) is 25.6 Å². The molecule has 2 aromatic carbocycles. The van der Waals surface area contributed by atoms with Gasteiger partial charge in [0.1, 0.15) is 18.2 Å². The number of benzene rings is 2. The third-order valence-corrected chi connectivity index (χ3v) is 5.23. The lowest BCUT2D eigenvalue weighted by Crippen LogP contribution is -2.22. The molecule has 0 atom stereocenters. The lowest BCUT2D eigenvalue weighted by Gasteiger charge is -2.07. The zero-order valence-electron chi connectivity index (χ0n) is 14.5. The molecule has 28 heavy (non-hydrogen) atoms. The van der Waals surface area contributed by atoms with Crippen molar-refractivity contribution in [3.63, 3.8) is 0 Å². The Labute approximate surface area is 162 Å². The predicted octanol–water partition coefficient (Wildman–Crippen LogP) is 3.58. The summed E-state index contributed by atoms with van der Waals surface area (Å²) in [5, 5.41) is 8.24. The molecule has 0 bridgehead atoms. The zero-order valence-corrected chi connectivity index (χ0v) is 15.3. The number of hydrogen-bond donors (Lipinski definition) is 2. The minimum atomic E-state index is -0.340. The minimum Gasteiger partial charge on any atom is -0.451 e. The van der Waals surface area contributed by atoms with Crippen LogP contribution in [0, 0.1) is 0 Å². The fourth-order valence-electron chi connectivity index (χ4n) is 3.04. The molecule has 8 nitrogen and oxygen atoms in total. The lowest BCUT2D eigenvalue weighted by atomic mass is 10.1. The van der Waals surface area contributed by atoms with Crippen LogP contribution in [0.15, 0.2) is 70.8 Å². The first kappa shape index (κ1) is 16.6. The van der Waals surface area contributed by atoms with Gasteiger partial charge < -0.3 is 4.42 Å². The van der Waals surface area contributed by atoms with Crippen molar-refractivity contribution in [1.82, 2.24) is 24.8 Å². The Morgan fingerprint density at radius 1 is 1.14 bits per heavy atom. The predicted molar refractivity (Wildman–Crippen MR) is 106 cm³/mol. The molecular weight excluding hydrogens is 376 g/mol. The standard InChI is InChI=1S/C19H14N6O2S/c26-18(24-25-11-21-14-6-2-3-7-15(14)25)17-13(9-28-19-20-10-22-23-19)12-5-1-4-8-16(12)27-17/h1-8,10-11H,9H2,(H,24,26)(H,20,22,23). The van der Waals surface area contributed by atoms with E-state index in [1.165, 1.54) is 18.1 Å². The number of para-hydroxylation sites is 3. The molecule has 0 aliphatic rings. The molecule has 0 saturated heterocycles. The number of hydrogen-bond acceptors (Lipinski definition) is 6. The van der Waals surface area contributed by atoms with Crippen LogP contribution in [0.2, 0.25) is 0 Å². The summed E-state index contributed by atoms with van der Waals surface area (Å²) in [6.45, 7) is 0. The summed E-state index contributed by atoms with van der Waals surface area (Å²) in [4.78, 5) is 21.4. The summed E-state index contributed by atoms with van der Waals surface area (Å²) in [6, 6.07) is 15.2. The van der Waals surface area contributed by atoms with Crippen LogP contribution >= 0.6 is 11.8 Å². The normalized spacial score (nSPS) is 11.3. The van der Waals surface area contributed by atoms with Crippen LogP contribution in [0.3, 0.4) is 0 Å². The van der Waals surface area contributed by atoms with E-state index in [-0.39, 0.29) is 11.7 Å². The molecule has 0 unspecified atom stereocenters. The van der Waals surface area contributed by atoms with Crippen molar-refractivity contribution < 1.29 is 9.21 Å². The monoisotopic (exact) mass is 390 g/mol. The van der Waals surface area contributed by atoms with Gasteiger partial charge >= 0.3 is 5.91 Å². The van der Waals surface area contributed by atoms with Crippen LogP contribution in [0.4, 0.5) is 0 Å². The molecule has 0 aliphatic heterocycles. The average Bonchev–Trinajstić information content (AvgIpc) is 3.45. The number of nitrogens with zero attached hydrogens (tertiary/aromatic N) is 4. The van der Waals surface area contributed by atoms with Crippen molar-refractivity contribution in [2.45, 2.75) is 10.9 Å². The summed E-state index contributed by atoms with van der Waals surface area (Å²) in [5.74, 6) is 0.443. The number of aromatic amines is 1. The number of carbonyl (C=O) groups excluding carboxylic acids is 1. The molecule has 0 radical (unpaired) electrons. The van der Waals surface area contributed by atoms with Gasteiger partial charge in [-0.05, 0) is 18.2 Å². The average molecular weight is 390 g/mol. The molecule has 9 heteroatoms. The Hall–Kier alpha value is -3.59. The molecular formula is C19H14N6O2S. The van der Waals surface area contributed by atoms with Gasteiger partial charge in [-0.1, -0.05) is 42.1 Å². The van der Waals surface area contributed by atoms with Gasteiger partial charge in [-0.3, -0.25) is 15.3 Å². The first-order valence-corrected chi connectivity index (χ1v) is 9.50. The van der Waals surface area contributed by atoms with Gasteiger partial charge in [-0.2, -0.15) is 5.10 Å². The number of H-pyrrole nitrogens is 1. The molecule has 2 N–H and O–H groups in total. The summed E-state index contributed by atoms with van der Waals surface area (Å²) in [7, 11) is 0. The van der Waals surface area contributed by atoms with Crippen molar-refractivity contribution >= 4 is 39.7 Å². The molecule has 0 saturated carbocycles. The maximum Gasteiger partial charge on any atom is 0.306 e. The van der Waals surface area contributed by atoms with Gasteiger partial charge in [-0.15, -0.1) is 0 Å². The summed E-state index contributed by atoms with van der Waals surface area (Å²) >= 11 is 1.45. The largest absolute Gasteiger partial charge is 0.451 e. The maximum atomic E-state index is 13.0. The van der Waals surface area contributed by atoms with Crippen LogP contribution in [0.5, 0.6) is 0 Å². The molecule has 5 aromatic rings. The second-order valence-electron chi connectivity index (χ2n) is 6.03. The Kier molecular flexibility index (Phi) is 4.06. The summed E-state index contributed by atoms with van der Waals surface area (Å²) in [6.07, 6.45) is 3.03. The van der Waals surface area contributed by atoms with Gasteiger partial charge in [0.15, 0.2) is 10.9 Å². The highest BCUT2D eigenvalue weighted by Crippen LogP contribution is 2.31. The van der Waals surface area contributed by atoms with Crippen molar-refractivity contribution in [2.75, 3.05) is 5.43 Å². The topological polar surface area (TPSA) is 102 Å². The Morgan fingerprint density at radius 2 is 2.00 bits per heavy atom. The quantitative estimate of drug-likeness (QED) is 0.445. The second kappa shape index (κ2) is 6.86.